The van der Waals surface area contributed by atoms with Gasteiger partial charge in [0.25, 0.3) is 0 Å². The van der Waals surface area contributed by atoms with Crippen molar-refractivity contribution in [3.63, 3.8) is 0 Å². The normalized spacial score (nSPS) is 12.2. The van der Waals surface area contributed by atoms with Crippen LogP contribution in [0.15, 0.2) is 18.2 Å². The van der Waals surface area contributed by atoms with E-state index in [0.717, 1.165) is 5.56 Å². The summed E-state index contributed by atoms with van der Waals surface area (Å²) in [6.07, 6.45) is 0.184. The Balaban J connectivity index is 2.84. The molecule has 0 fully saturated rings. The Hall–Kier alpha value is -1.55. The fourth-order valence-corrected chi connectivity index (χ4v) is 1.36. The molecule has 0 saturated heterocycles. The highest BCUT2D eigenvalue weighted by Gasteiger charge is 2.10. The third kappa shape index (κ3) is 3.24. The molecule has 4 nitrogen and oxygen atoms in total. The number of benzene rings is 1. The van der Waals surface area contributed by atoms with Crippen molar-refractivity contribution in [1.29, 1.82) is 0 Å². The molecule has 0 saturated carbocycles. The van der Waals surface area contributed by atoms with Gasteiger partial charge in [0.1, 0.15) is 0 Å². The Bertz CT molecular complexity index is 377. The smallest absolute Gasteiger partial charge is 0.337 e. The van der Waals surface area contributed by atoms with E-state index in [4.69, 9.17) is 5.11 Å². The van der Waals surface area contributed by atoms with Gasteiger partial charge in [-0.25, -0.2) is 4.79 Å². The molecule has 16 heavy (non-hydrogen) atoms. The van der Waals surface area contributed by atoms with E-state index in [1.807, 2.05) is 13.8 Å². The van der Waals surface area contributed by atoms with Crippen molar-refractivity contribution in [3.05, 3.63) is 29.3 Å². The quantitative estimate of drug-likeness (QED) is 0.712. The van der Waals surface area contributed by atoms with Gasteiger partial charge in [0.05, 0.1) is 11.7 Å². The molecule has 0 aliphatic carbocycles. The average molecular weight is 223 g/mol. The molecule has 1 unspecified atom stereocenters. The molecule has 1 aromatic rings. The number of hydrogen-bond donors (Lipinski definition) is 3. The van der Waals surface area contributed by atoms with Gasteiger partial charge in [0.2, 0.25) is 0 Å². The van der Waals surface area contributed by atoms with E-state index in [1.165, 1.54) is 0 Å². The molecule has 0 radical (unpaired) electrons. The molecular formula is C12H17NO3. The summed E-state index contributed by atoms with van der Waals surface area (Å²) in [5, 5.41) is 21.3. The highest BCUT2D eigenvalue weighted by Crippen LogP contribution is 2.17. The minimum atomic E-state index is -0.964. The number of rotatable bonds is 5. The first kappa shape index (κ1) is 12.5. The molecule has 3 N–H and O–H groups in total. The van der Waals surface area contributed by atoms with Crippen LogP contribution < -0.4 is 5.32 Å². The zero-order valence-corrected chi connectivity index (χ0v) is 9.53. The lowest BCUT2D eigenvalue weighted by Crippen LogP contribution is -2.19. The van der Waals surface area contributed by atoms with E-state index in [-0.39, 0.29) is 5.56 Å². The van der Waals surface area contributed by atoms with Gasteiger partial charge in [-0.3, -0.25) is 0 Å². The largest absolute Gasteiger partial charge is 0.478 e. The van der Waals surface area contributed by atoms with E-state index >= 15 is 0 Å². The molecule has 1 atom stereocenters. The second-order valence-corrected chi connectivity index (χ2v) is 3.80. The number of carbonyl (C=O) groups is 1. The number of aromatic carboxylic acids is 1. The van der Waals surface area contributed by atoms with Crippen molar-refractivity contribution in [1.82, 2.24) is 0 Å². The Morgan fingerprint density at radius 1 is 1.50 bits per heavy atom. The van der Waals surface area contributed by atoms with Crippen LogP contribution in [0.5, 0.6) is 0 Å². The first-order valence-electron chi connectivity index (χ1n) is 5.30. The zero-order valence-electron chi connectivity index (χ0n) is 9.53. The van der Waals surface area contributed by atoms with E-state index < -0.39 is 12.1 Å². The van der Waals surface area contributed by atoms with Crippen LogP contribution in [0.3, 0.4) is 0 Å². The van der Waals surface area contributed by atoms with Gasteiger partial charge >= 0.3 is 5.97 Å². The number of carboxylic acids is 1. The van der Waals surface area contributed by atoms with Gasteiger partial charge in [-0.05, 0) is 31.0 Å². The van der Waals surface area contributed by atoms with E-state index in [2.05, 4.69) is 5.32 Å². The molecule has 4 heteroatoms. The van der Waals surface area contributed by atoms with Crippen molar-refractivity contribution < 1.29 is 15.0 Å². The molecule has 0 amide bonds. The van der Waals surface area contributed by atoms with Crippen LogP contribution >= 0.6 is 0 Å². The van der Waals surface area contributed by atoms with Crippen molar-refractivity contribution in [2.45, 2.75) is 26.4 Å². The number of anilines is 1. The van der Waals surface area contributed by atoms with Gasteiger partial charge in [-0.15, -0.1) is 0 Å². The zero-order chi connectivity index (χ0) is 12.1. The second kappa shape index (κ2) is 5.51. The summed E-state index contributed by atoms with van der Waals surface area (Å²) < 4.78 is 0. The van der Waals surface area contributed by atoms with Gasteiger partial charge < -0.3 is 15.5 Å². The summed E-state index contributed by atoms with van der Waals surface area (Å²) in [6, 6.07) is 5.09. The molecule has 0 aromatic heterocycles. The van der Waals surface area contributed by atoms with E-state index in [9.17, 15) is 9.90 Å². The number of aryl methyl sites for hydroxylation is 1. The lowest BCUT2D eigenvalue weighted by molar-refractivity contribution is 0.0697. The van der Waals surface area contributed by atoms with Crippen LogP contribution in [0.25, 0.3) is 0 Å². The minimum Gasteiger partial charge on any atom is -0.478 e. The maximum absolute atomic E-state index is 10.9. The van der Waals surface area contributed by atoms with Crippen LogP contribution in [0.1, 0.15) is 29.3 Å². The van der Waals surface area contributed by atoms with Crippen LogP contribution in [-0.2, 0) is 0 Å². The van der Waals surface area contributed by atoms with E-state index in [1.54, 1.807) is 18.2 Å². The standard InChI is InChI=1S/C12H17NO3/c1-3-9(14)7-13-11-6-8(2)4-5-10(11)12(15)16/h4-6,9,13-14H,3,7H2,1-2H3,(H,15,16). The maximum Gasteiger partial charge on any atom is 0.337 e. The summed E-state index contributed by atoms with van der Waals surface area (Å²) in [7, 11) is 0. The predicted molar refractivity (Wildman–Crippen MR) is 62.9 cm³/mol. The van der Waals surface area contributed by atoms with Crippen molar-refractivity contribution in [2.24, 2.45) is 0 Å². The molecule has 88 valence electrons. The summed E-state index contributed by atoms with van der Waals surface area (Å²) in [4.78, 5) is 10.9. The highest BCUT2D eigenvalue weighted by atomic mass is 16.4. The Morgan fingerprint density at radius 2 is 2.19 bits per heavy atom. The Kier molecular flexibility index (Phi) is 4.31. The molecular weight excluding hydrogens is 206 g/mol. The molecule has 0 aliphatic heterocycles. The fraction of sp³-hybridized carbons (Fsp3) is 0.417. The summed E-state index contributed by atoms with van der Waals surface area (Å²) in [5.74, 6) is -0.964. The highest BCUT2D eigenvalue weighted by molar-refractivity contribution is 5.94. The number of aliphatic hydroxyl groups excluding tert-OH is 1. The Labute approximate surface area is 94.9 Å². The van der Waals surface area contributed by atoms with Crippen molar-refractivity contribution in [3.8, 4) is 0 Å². The molecule has 0 heterocycles. The van der Waals surface area contributed by atoms with Crippen molar-refractivity contribution in [2.75, 3.05) is 11.9 Å². The topological polar surface area (TPSA) is 69.6 Å². The molecule has 0 aliphatic rings. The fourth-order valence-electron chi connectivity index (χ4n) is 1.36. The first-order valence-corrected chi connectivity index (χ1v) is 5.30. The third-order valence-electron chi connectivity index (χ3n) is 2.40. The van der Waals surface area contributed by atoms with Gasteiger partial charge in [0.15, 0.2) is 0 Å². The minimum absolute atomic E-state index is 0.230. The molecule has 1 aromatic carbocycles. The SMILES string of the molecule is CCC(O)CNc1cc(C)ccc1C(=O)O. The second-order valence-electron chi connectivity index (χ2n) is 3.80. The van der Waals surface area contributed by atoms with Crippen LogP contribution in [0, 0.1) is 6.92 Å². The van der Waals surface area contributed by atoms with E-state index in [0.29, 0.717) is 18.7 Å². The van der Waals surface area contributed by atoms with Gasteiger partial charge in [-0.2, -0.15) is 0 Å². The van der Waals surface area contributed by atoms with Crippen LogP contribution in [0.4, 0.5) is 5.69 Å². The number of aliphatic hydroxyl groups is 1. The summed E-state index contributed by atoms with van der Waals surface area (Å²) in [5.41, 5.74) is 1.77. The number of hydrogen-bond acceptors (Lipinski definition) is 3. The third-order valence-corrected chi connectivity index (χ3v) is 2.40. The summed E-state index contributed by atoms with van der Waals surface area (Å²) >= 11 is 0. The lowest BCUT2D eigenvalue weighted by Gasteiger charge is -2.13. The number of nitrogens with one attached hydrogen (secondary N) is 1. The van der Waals surface area contributed by atoms with Crippen molar-refractivity contribution >= 4 is 11.7 Å². The monoisotopic (exact) mass is 223 g/mol. The number of carboxylic acid groups (broad SMARTS) is 1. The lowest BCUT2D eigenvalue weighted by atomic mass is 10.1. The van der Waals surface area contributed by atoms with Crippen LogP contribution in [0.2, 0.25) is 0 Å². The predicted octanol–water partition coefficient (Wildman–Crippen LogP) is 1.88. The van der Waals surface area contributed by atoms with Crippen LogP contribution in [-0.4, -0.2) is 28.8 Å². The van der Waals surface area contributed by atoms with Gasteiger partial charge in [-0.1, -0.05) is 13.0 Å². The molecule has 0 bridgehead atoms. The maximum atomic E-state index is 10.9. The van der Waals surface area contributed by atoms with Gasteiger partial charge in [0, 0.05) is 12.2 Å². The Morgan fingerprint density at radius 3 is 2.75 bits per heavy atom. The summed E-state index contributed by atoms with van der Waals surface area (Å²) in [6.45, 7) is 4.13. The average Bonchev–Trinajstić information content (AvgIpc) is 2.25. The first-order chi connectivity index (χ1) is 7.54. The molecule has 1 rings (SSSR count). The molecule has 0 spiro atoms.